The van der Waals surface area contributed by atoms with Gasteiger partial charge in [-0.15, -0.1) is 0 Å². The summed E-state index contributed by atoms with van der Waals surface area (Å²) in [5, 5.41) is 3.77. The van der Waals surface area contributed by atoms with Crippen LogP contribution in [0.5, 0.6) is 0 Å². The van der Waals surface area contributed by atoms with E-state index < -0.39 is 0 Å². The van der Waals surface area contributed by atoms with E-state index in [2.05, 4.69) is 24.1 Å². The number of nitrogens with zero attached hydrogens (tertiary/aromatic N) is 1. The summed E-state index contributed by atoms with van der Waals surface area (Å²) < 4.78 is 0. The maximum absolute atomic E-state index is 3.77. The highest BCUT2D eigenvalue weighted by atomic mass is 15.2. The Kier molecular flexibility index (Phi) is 3.68. The van der Waals surface area contributed by atoms with Crippen molar-refractivity contribution >= 4 is 0 Å². The maximum atomic E-state index is 3.77. The first-order chi connectivity index (χ1) is 8.74. The third kappa shape index (κ3) is 2.34. The van der Waals surface area contributed by atoms with Crippen LogP contribution in [0.25, 0.3) is 0 Å². The van der Waals surface area contributed by atoms with Gasteiger partial charge in [-0.3, -0.25) is 4.90 Å². The second kappa shape index (κ2) is 5.13. The van der Waals surface area contributed by atoms with Gasteiger partial charge in [0, 0.05) is 31.2 Å². The standard InChI is InChI=1S/C16H30N2/c1-3-7-16(8-4-2)11-18(12-16)15-9-13-5-6-14(10-15)17-13/h13-15,17H,3-12H2,1-2H3. The minimum atomic E-state index is 0.702. The van der Waals surface area contributed by atoms with Gasteiger partial charge >= 0.3 is 0 Å². The Bertz CT molecular complexity index is 263. The molecule has 3 saturated heterocycles. The van der Waals surface area contributed by atoms with Crippen LogP contribution >= 0.6 is 0 Å². The van der Waals surface area contributed by atoms with E-state index in [-0.39, 0.29) is 0 Å². The zero-order chi connectivity index (χ0) is 12.6. The van der Waals surface area contributed by atoms with E-state index in [1.165, 1.54) is 64.5 Å². The summed E-state index contributed by atoms with van der Waals surface area (Å²) in [5.74, 6) is 0. The Morgan fingerprint density at radius 2 is 1.56 bits per heavy atom. The van der Waals surface area contributed by atoms with Crippen molar-refractivity contribution < 1.29 is 0 Å². The van der Waals surface area contributed by atoms with Gasteiger partial charge in [-0.05, 0) is 43.9 Å². The van der Waals surface area contributed by atoms with Crippen LogP contribution in [-0.4, -0.2) is 36.1 Å². The van der Waals surface area contributed by atoms with E-state index in [0.29, 0.717) is 5.41 Å². The first kappa shape index (κ1) is 12.9. The largest absolute Gasteiger partial charge is 0.311 e. The molecule has 2 unspecified atom stereocenters. The van der Waals surface area contributed by atoms with Crippen LogP contribution in [0.4, 0.5) is 0 Å². The highest BCUT2D eigenvalue weighted by Gasteiger charge is 2.46. The zero-order valence-electron chi connectivity index (χ0n) is 12.3. The van der Waals surface area contributed by atoms with Crippen LogP contribution in [0.15, 0.2) is 0 Å². The number of fused-ring (bicyclic) bond motifs is 2. The lowest BCUT2D eigenvalue weighted by Gasteiger charge is -2.55. The number of likely N-dealkylation sites (tertiary alicyclic amines) is 1. The third-order valence-corrected chi connectivity index (χ3v) is 5.60. The highest BCUT2D eigenvalue weighted by Crippen LogP contribution is 2.43. The molecule has 104 valence electrons. The fourth-order valence-corrected chi connectivity index (χ4v) is 4.90. The predicted octanol–water partition coefficient (Wildman–Crippen LogP) is 3.17. The van der Waals surface area contributed by atoms with Gasteiger partial charge in [0.1, 0.15) is 0 Å². The Hall–Kier alpha value is -0.0800. The van der Waals surface area contributed by atoms with Crippen LogP contribution < -0.4 is 5.32 Å². The smallest absolute Gasteiger partial charge is 0.0125 e. The number of hydrogen-bond donors (Lipinski definition) is 1. The summed E-state index contributed by atoms with van der Waals surface area (Å²) in [6.07, 6.45) is 11.4. The lowest BCUT2D eigenvalue weighted by atomic mass is 9.71. The average molecular weight is 250 g/mol. The van der Waals surface area contributed by atoms with Crippen LogP contribution in [0, 0.1) is 5.41 Å². The van der Waals surface area contributed by atoms with Crippen molar-refractivity contribution in [2.45, 2.75) is 83.3 Å². The SMILES string of the molecule is CCCC1(CCC)CN(C2CC3CCC(C2)N3)C1. The average Bonchev–Trinajstić information content (AvgIpc) is 2.65. The summed E-state index contributed by atoms with van der Waals surface area (Å²) in [6.45, 7) is 7.51. The quantitative estimate of drug-likeness (QED) is 0.806. The normalized spacial score (nSPS) is 38.7. The van der Waals surface area contributed by atoms with E-state index >= 15 is 0 Å². The molecule has 0 radical (unpaired) electrons. The summed E-state index contributed by atoms with van der Waals surface area (Å²) in [6, 6.07) is 2.60. The number of hydrogen-bond acceptors (Lipinski definition) is 2. The molecule has 0 aromatic rings. The fourth-order valence-electron chi connectivity index (χ4n) is 4.90. The highest BCUT2D eigenvalue weighted by molar-refractivity contribution is 5.02. The molecule has 0 amide bonds. The van der Waals surface area contributed by atoms with E-state index in [9.17, 15) is 0 Å². The van der Waals surface area contributed by atoms with Crippen LogP contribution in [-0.2, 0) is 0 Å². The first-order valence-electron chi connectivity index (χ1n) is 8.25. The molecule has 0 aromatic heterocycles. The molecule has 3 rings (SSSR count). The second-order valence-corrected chi connectivity index (χ2v) is 7.17. The number of piperidine rings is 1. The fraction of sp³-hybridized carbons (Fsp3) is 1.00. The Morgan fingerprint density at radius 1 is 1.00 bits per heavy atom. The van der Waals surface area contributed by atoms with Crippen molar-refractivity contribution in [2.24, 2.45) is 5.41 Å². The molecular formula is C16H30N2. The first-order valence-corrected chi connectivity index (χ1v) is 8.25. The van der Waals surface area contributed by atoms with Crippen molar-refractivity contribution in [3.8, 4) is 0 Å². The molecule has 3 aliphatic heterocycles. The van der Waals surface area contributed by atoms with Crippen molar-refractivity contribution in [1.29, 1.82) is 0 Å². The van der Waals surface area contributed by atoms with E-state index in [4.69, 9.17) is 0 Å². The molecule has 0 spiro atoms. The molecule has 3 fully saturated rings. The molecule has 2 bridgehead atoms. The van der Waals surface area contributed by atoms with Gasteiger partial charge in [-0.2, -0.15) is 0 Å². The van der Waals surface area contributed by atoms with Crippen LogP contribution in [0.2, 0.25) is 0 Å². The molecule has 0 saturated carbocycles. The molecule has 1 N–H and O–H groups in total. The topological polar surface area (TPSA) is 15.3 Å². The van der Waals surface area contributed by atoms with E-state index in [0.717, 1.165) is 18.1 Å². The van der Waals surface area contributed by atoms with Gasteiger partial charge in [0.25, 0.3) is 0 Å². The Labute approximate surface area is 113 Å². The van der Waals surface area contributed by atoms with Gasteiger partial charge < -0.3 is 5.32 Å². The van der Waals surface area contributed by atoms with E-state index in [1.807, 2.05) is 0 Å². The minimum absolute atomic E-state index is 0.702. The van der Waals surface area contributed by atoms with Crippen LogP contribution in [0.3, 0.4) is 0 Å². The molecule has 2 atom stereocenters. The molecule has 2 heteroatoms. The molecule has 0 aliphatic carbocycles. The second-order valence-electron chi connectivity index (χ2n) is 7.17. The molecule has 2 nitrogen and oxygen atoms in total. The lowest BCUT2D eigenvalue weighted by molar-refractivity contribution is -0.0552. The molecule has 3 aliphatic rings. The van der Waals surface area contributed by atoms with Gasteiger partial charge in [0.15, 0.2) is 0 Å². The van der Waals surface area contributed by atoms with E-state index in [1.54, 1.807) is 0 Å². The lowest BCUT2D eigenvalue weighted by Crippen LogP contribution is -2.62. The van der Waals surface area contributed by atoms with Crippen molar-refractivity contribution in [3.05, 3.63) is 0 Å². The Balaban J connectivity index is 1.54. The van der Waals surface area contributed by atoms with Gasteiger partial charge in [-0.25, -0.2) is 0 Å². The Morgan fingerprint density at radius 3 is 2.06 bits per heavy atom. The molecule has 3 heterocycles. The maximum Gasteiger partial charge on any atom is 0.0125 e. The number of nitrogens with one attached hydrogen (secondary N) is 1. The summed E-state index contributed by atoms with van der Waals surface area (Å²) in [7, 11) is 0. The zero-order valence-corrected chi connectivity index (χ0v) is 12.3. The molecule has 0 aromatic carbocycles. The summed E-state index contributed by atoms with van der Waals surface area (Å²) in [4.78, 5) is 2.82. The summed E-state index contributed by atoms with van der Waals surface area (Å²) >= 11 is 0. The predicted molar refractivity (Wildman–Crippen MR) is 76.8 cm³/mol. The monoisotopic (exact) mass is 250 g/mol. The molecular weight excluding hydrogens is 220 g/mol. The van der Waals surface area contributed by atoms with Crippen LogP contribution in [0.1, 0.15) is 65.2 Å². The van der Waals surface area contributed by atoms with Crippen molar-refractivity contribution in [1.82, 2.24) is 10.2 Å². The number of rotatable bonds is 5. The van der Waals surface area contributed by atoms with Gasteiger partial charge in [-0.1, -0.05) is 26.7 Å². The summed E-state index contributed by atoms with van der Waals surface area (Å²) in [5.41, 5.74) is 0.702. The van der Waals surface area contributed by atoms with Crippen molar-refractivity contribution in [3.63, 3.8) is 0 Å². The van der Waals surface area contributed by atoms with Crippen molar-refractivity contribution in [2.75, 3.05) is 13.1 Å². The third-order valence-electron chi connectivity index (χ3n) is 5.60. The minimum Gasteiger partial charge on any atom is -0.311 e. The van der Waals surface area contributed by atoms with Gasteiger partial charge in [0.2, 0.25) is 0 Å². The van der Waals surface area contributed by atoms with Gasteiger partial charge in [0.05, 0.1) is 0 Å². The molecule has 18 heavy (non-hydrogen) atoms.